The van der Waals surface area contributed by atoms with Gasteiger partial charge in [0, 0.05) is 6.04 Å². The molecule has 88 valence electrons. The fourth-order valence-corrected chi connectivity index (χ4v) is 3.23. The van der Waals surface area contributed by atoms with Crippen molar-refractivity contribution in [3.05, 3.63) is 0 Å². The Hall–Kier alpha value is -0.0800. The topological polar surface area (TPSA) is 23.5 Å². The van der Waals surface area contributed by atoms with Gasteiger partial charge in [0.2, 0.25) is 0 Å². The lowest BCUT2D eigenvalue weighted by Crippen LogP contribution is -2.46. The fourth-order valence-electron chi connectivity index (χ4n) is 3.23. The molecule has 2 aliphatic rings. The number of likely N-dealkylation sites (tertiary alicyclic amines) is 1. The minimum atomic E-state index is -0.0573. The van der Waals surface area contributed by atoms with Gasteiger partial charge in [-0.05, 0) is 57.0 Å². The van der Waals surface area contributed by atoms with Gasteiger partial charge in [-0.2, -0.15) is 0 Å². The summed E-state index contributed by atoms with van der Waals surface area (Å²) in [5.74, 6) is 1.61. The molecular formula is C13H25NO. The van der Waals surface area contributed by atoms with Gasteiger partial charge < -0.3 is 5.11 Å². The molecule has 2 nitrogen and oxygen atoms in total. The third kappa shape index (κ3) is 2.54. The van der Waals surface area contributed by atoms with Crippen molar-refractivity contribution in [2.75, 3.05) is 13.1 Å². The maximum absolute atomic E-state index is 10.1. The zero-order chi connectivity index (χ0) is 10.8. The second-order valence-electron chi connectivity index (χ2n) is 5.69. The molecule has 0 aromatic rings. The highest BCUT2D eigenvalue weighted by Crippen LogP contribution is 2.33. The van der Waals surface area contributed by atoms with Crippen molar-refractivity contribution in [1.29, 1.82) is 0 Å². The van der Waals surface area contributed by atoms with E-state index in [0.29, 0.717) is 6.04 Å². The van der Waals surface area contributed by atoms with Crippen LogP contribution in [0.1, 0.15) is 46.0 Å². The molecule has 0 radical (unpaired) electrons. The summed E-state index contributed by atoms with van der Waals surface area (Å²) in [4.78, 5) is 2.53. The number of rotatable bonds is 2. The van der Waals surface area contributed by atoms with E-state index in [2.05, 4.69) is 18.7 Å². The van der Waals surface area contributed by atoms with Crippen molar-refractivity contribution in [1.82, 2.24) is 4.90 Å². The number of nitrogens with zero attached hydrogens (tertiary/aromatic N) is 1. The molecule has 0 amide bonds. The zero-order valence-electron chi connectivity index (χ0n) is 10.2. The van der Waals surface area contributed by atoms with Gasteiger partial charge in [-0.15, -0.1) is 0 Å². The van der Waals surface area contributed by atoms with Crippen molar-refractivity contribution < 1.29 is 5.11 Å². The minimum absolute atomic E-state index is 0.0573. The maximum Gasteiger partial charge on any atom is 0.0695 e. The van der Waals surface area contributed by atoms with Crippen LogP contribution in [0.5, 0.6) is 0 Å². The van der Waals surface area contributed by atoms with Crippen LogP contribution >= 0.6 is 0 Å². The van der Waals surface area contributed by atoms with Crippen molar-refractivity contribution >= 4 is 0 Å². The second-order valence-corrected chi connectivity index (χ2v) is 5.69. The Morgan fingerprint density at radius 2 is 1.80 bits per heavy atom. The Kier molecular flexibility index (Phi) is 3.68. The average Bonchev–Trinajstić information content (AvgIpc) is 2.71. The quantitative estimate of drug-likeness (QED) is 0.757. The zero-order valence-corrected chi connectivity index (χ0v) is 10.2. The molecule has 3 atom stereocenters. The third-order valence-electron chi connectivity index (χ3n) is 4.37. The molecule has 3 unspecified atom stereocenters. The number of hydrogen-bond donors (Lipinski definition) is 1. The van der Waals surface area contributed by atoms with E-state index in [1.807, 2.05) is 0 Å². The smallest absolute Gasteiger partial charge is 0.0695 e. The molecule has 1 saturated carbocycles. The first-order valence-corrected chi connectivity index (χ1v) is 6.60. The van der Waals surface area contributed by atoms with E-state index in [1.54, 1.807) is 0 Å². The van der Waals surface area contributed by atoms with E-state index >= 15 is 0 Å². The van der Waals surface area contributed by atoms with E-state index in [0.717, 1.165) is 18.3 Å². The molecule has 15 heavy (non-hydrogen) atoms. The lowest BCUT2D eigenvalue weighted by Gasteiger charge is -2.40. The van der Waals surface area contributed by atoms with Crippen molar-refractivity contribution in [3.63, 3.8) is 0 Å². The van der Waals surface area contributed by atoms with Crippen LogP contribution < -0.4 is 0 Å². The van der Waals surface area contributed by atoms with E-state index in [4.69, 9.17) is 0 Å². The first kappa shape index (κ1) is 11.4. The molecule has 0 spiro atoms. The molecule has 2 fully saturated rings. The standard InChI is InChI=1S/C13H25NO/c1-10(2)11-5-6-13(15)12(9-11)14-7-3-4-8-14/h10-13,15H,3-9H2,1-2H3. The normalized spacial score (nSPS) is 38.8. The highest BCUT2D eigenvalue weighted by molar-refractivity contribution is 4.89. The number of aliphatic hydroxyl groups is 1. The molecule has 1 saturated heterocycles. The van der Waals surface area contributed by atoms with Crippen molar-refractivity contribution in [2.45, 2.75) is 58.1 Å². The number of aliphatic hydroxyl groups excluding tert-OH is 1. The molecule has 0 aromatic heterocycles. The second kappa shape index (κ2) is 4.84. The first-order valence-electron chi connectivity index (χ1n) is 6.60. The highest BCUT2D eigenvalue weighted by atomic mass is 16.3. The van der Waals surface area contributed by atoms with Gasteiger partial charge >= 0.3 is 0 Å². The largest absolute Gasteiger partial charge is 0.391 e. The SMILES string of the molecule is CC(C)C1CCC(O)C(N2CCCC2)C1. The predicted molar refractivity (Wildman–Crippen MR) is 62.8 cm³/mol. The van der Waals surface area contributed by atoms with E-state index in [-0.39, 0.29) is 6.10 Å². The fraction of sp³-hybridized carbons (Fsp3) is 1.00. The summed E-state index contributed by atoms with van der Waals surface area (Å²) in [7, 11) is 0. The predicted octanol–water partition coefficient (Wildman–Crippen LogP) is 2.27. The van der Waals surface area contributed by atoms with E-state index < -0.39 is 0 Å². The van der Waals surface area contributed by atoms with Crippen molar-refractivity contribution in [2.24, 2.45) is 11.8 Å². The van der Waals surface area contributed by atoms with Crippen LogP contribution in [0.3, 0.4) is 0 Å². The van der Waals surface area contributed by atoms with Crippen LogP contribution in [0.4, 0.5) is 0 Å². The summed E-state index contributed by atoms with van der Waals surface area (Å²) >= 11 is 0. The monoisotopic (exact) mass is 211 g/mol. The lowest BCUT2D eigenvalue weighted by atomic mass is 9.77. The van der Waals surface area contributed by atoms with Gasteiger partial charge in [0.05, 0.1) is 6.10 Å². The molecule has 1 N–H and O–H groups in total. The maximum atomic E-state index is 10.1. The van der Waals surface area contributed by atoms with Crippen LogP contribution in [0, 0.1) is 11.8 Å². The van der Waals surface area contributed by atoms with Crippen LogP contribution in [0.2, 0.25) is 0 Å². The summed E-state index contributed by atoms with van der Waals surface area (Å²) in [5, 5.41) is 10.1. The molecule has 2 rings (SSSR count). The lowest BCUT2D eigenvalue weighted by molar-refractivity contribution is 0.00518. The summed E-state index contributed by atoms with van der Waals surface area (Å²) in [5.41, 5.74) is 0. The van der Waals surface area contributed by atoms with E-state index in [1.165, 1.54) is 38.8 Å². The first-order chi connectivity index (χ1) is 7.18. The molecule has 1 aliphatic heterocycles. The van der Waals surface area contributed by atoms with Gasteiger partial charge in [0.25, 0.3) is 0 Å². The summed E-state index contributed by atoms with van der Waals surface area (Å²) < 4.78 is 0. The van der Waals surface area contributed by atoms with Gasteiger partial charge in [-0.3, -0.25) is 4.90 Å². The molecular weight excluding hydrogens is 186 g/mol. The average molecular weight is 211 g/mol. The van der Waals surface area contributed by atoms with Crippen LogP contribution in [-0.4, -0.2) is 35.2 Å². The summed E-state index contributed by atoms with van der Waals surface area (Å²) in [6, 6.07) is 0.466. The Morgan fingerprint density at radius 3 is 2.40 bits per heavy atom. The van der Waals surface area contributed by atoms with Crippen LogP contribution in [-0.2, 0) is 0 Å². The highest BCUT2D eigenvalue weighted by Gasteiger charge is 2.35. The Labute approximate surface area is 93.7 Å². The van der Waals surface area contributed by atoms with Crippen LogP contribution in [0.25, 0.3) is 0 Å². The van der Waals surface area contributed by atoms with Gasteiger partial charge in [-0.1, -0.05) is 13.8 Å². The third-order valence-corrected chi connectivity index (χ3v) is 4.37. The Morgan fingerprint density at radius 1 is 1.13 bits per heavy atom. The molecule has 0 aromatic carbocycles. The number of hydrogen-bond acceptors (Lipinski definition) is 2. The molecule has 1 heterocycles. The Balaban J connectivity index is 1.95. The van der Waals surface area contributed by atoms with Crippen LogP contribution in [0.15, 0.2) is 0 Å². The molecule has 2 heteroatoms. The van der Waals surface area contributed by atoms with Gasteiger partial charge in [0.1, 0.15) is 0 Å². The minimum Gasteiger partial charge on any atom is -0.391 e. The Bertz CT molecular complexity index is 199. The van der Waals surface area contributed by atoms with Gasteiger partial charge in [-0.25, -0.2) is 0 Å². The summed E-state index contributed by atoms with van der Waals surface area (Å²) in [6.07, 6.45) is 6.06. The molecule has 0 bridgehead atoms. The summed E-state index contributed by atoms with van der Waals surface area (Å²) in [6.45, 7) is 7.08. The van der Waals surface area contributed by atoms with Crippen molar-refractivity contribution in [3.8, 4) is 0 Å². The van der Waals surface area contributed by atoms with Gasteiger partial charge in [0.15, 0.2) is 0 Å². The van der Waals surface area contributed by atoms with E-state index in [9.17, 15) is 5.11 Å². The molecule has 1 aliphatic carbocycles.